The van der Waals surface area contributed by atoms with Crippen molar-refractivity contribution in [2.45, 2.75) is 26.4 Å². The van der Waals surface area contributed by atoms with E-state index in [1.54, 1.807) is 12.1 Å². The van der Waals surface area contributed by atoms with Crippen molar-refractivity contribution in [3.8, 4) is 11.5 Å². The van der Waals surface area contributed by atoms with Crippen LogP contribution < -0.4 is 4.74 Å². The number of ether oxygens (including phenoxy) is 1. The van der Waals surface area contributed by atoms with Crippen LogP contribution in [0.5, 0.6) is 11.5 Å². The second-order valence-corrected chi connectivity index (χ2v) is 4.60. The van der Waals surface area contributed by atoms with Gasteiger partial charge < -0.3 is 9.84 Å². The Bertz CT molecular complexity index is 302. The Morgan fingerprint density at radius 1 is 1.31 bits per heavy atom. The molecule has 0 aliphatic carbocycles. The molecular weight excluding hydrogens is 232 g/mol. The Balaban J connectivity index is 2.96. The molecule has 0 saturated heterocycles. The van der Waals surface area contributed by atoms with E-state index in [1.165, 1.54) is 0 Å². The highest BCUT2D eigenvalue weighted by molar-refractivity contribution is 9.10. The maximum absolute atomic E-state index is 9.37. The molecule has 0 saturated carbocycles. The lowest BCUT2D eigenvalue weighted by Gasteiger charge is -2.22. The highest BCUT2D eigenvalue weighted by Gasteiger charge is 2.14. The number of hydrogen-bond donors (Lipinski definition) is 1. The second-order valence-electron chi connectivity index (χ2n) is 3.80. The predicted octanol–water partition coefficient (Wildman–Crippen LogP) is 3.33. The Hall–Kier alpha value is -0.700. The Morgan fingerprint density at radius 2 is 1.92 bits per heavy atom. The molecule has 0 aliphatic heterocycles. The fraction of sp³-hybridized carbons (Fsp3) is 0.400. The molecule has 2 nitrogen and oxygen atoms in total. The van der Waals surface area contributed by atoms with E-state index < -0.39 is 0 Å². The molecule has 1 aromatic carbocycles. The Morgan fingerprint density at radius 3 is 2.46 bits per heavy atom. The number of halogens is 1. The van der Waals surface area contributed by atoms with Crippen molar-refractivity contribution in [2.24, 2.45) is 0 Å². The first kappa shape index (κ1) is 10.4. The van der Waals surface area contributed by atoms with Crippen LogP contribution in [-0.2, 0) is 0 Å². The van der Waals surface area contributed by atoms with E-state index in [2.05, 4.69) is 15.9 Å². The van der Waals surface area contributed by atoms with Gasteiger partial charge in [-0.25, -0.2) is 0 Å². The molecule has 3 heteroatoms. The summed E-state index contributed by atoms with van der Waals surface area (Å²) in [6.45, 7) is 5.89. The summed E-state index contributed by atoms with van der Waals surface area (Å²) in [7, 11) is 0. The summed E-state index contributed by atoms with van der Waals surface area (Å²) in [4.78, 5) is 0. The third kappa shape index (κ3) is 2.92. The fourth-order valence-electron chi connectivity index (χ4n) is 0.908. The van der Waals surface area contributed by atoms with Crippen LogP contribution in [0, 0.1) is 0 Å². The Labute approximate surface area is 86.7 Å². The van der Waals surface area contributed by atoms with Gasteiger partial charge in [-0.1, -0.05) is 6.07 Å². The van der Waals surface area contributed by atoms with Gasteiger partial charge in [0.05, 0.1) is 0 Å². The van der Waals surface area contributed by atoms with Crippen LogP contribution in [-0.4, -0.2) is 10.7 Å². The normalized spacial score (nSPS) is 11.4. The van der Waals surface area contributed by atoms with Crippen molar-refractivity contribution < 1.29 is 9.84 Å². The predicted molar refractivity (Wildman–Crippen MR) is 56.2 cm³/mol. The average molecular weight is 245 g/mol. The Kier molecular flexibility index (Phi) is 2.86. The smallest absolute Gasteiger partial charge is 0.138 e. The van der Waals surface area contributed by atoms with Crippen molar-refractivity contribution in [2.75, 3.05) is 0 Å². The number of benzene rings is 1. The number of hydrogen-bond acceptors (Lipinski definition) is 2. The molecule has 0 heterocycles. The largest absolute Gasteiger partial charge is 0.507 e. The number of phenols is 1. The molecule has 0 aliphatic rings. The highest BCUT2D eigenvalue weighted by Crippen LogP contribution is 2.34. The van der Waals surface area contributed by atoms with E-state index in [0.29, 0.717) is 10.2 Å². The number of aromatic hydroxyl groups is 1. The minimum atomic E-state index is -0.254. The first-order valence-corrected chi connectivity index (χ1v) is 4.86. The van der Waals surface area contributed by atoms with E-state index in [0.717, 1.165) is 0 Å². The number of rotatable bonds is 1. The second kappa shape index (κ2) is 3.58. The van der Waals surface area contributed by atoms with Crippen molar-refractivity contribution >= 4 is 15.9 Å². The summed E-state index contributed by atoms with van der Waals surface area (Å²) in [6, 6.07) is 5.18. The zero-order valence-corrected chi connectivity index (χ0v) is 9.55. The first-order chi connectivity index (χ1) is 5.90. The number of phenolic OH excluding ortho intramolecular Hbond substituents is 1. The zero-order chi connectivity index (χ0) is 10.1. The van der Waals surface area contributed by atoms with Gasteiger partial charge in [-0.15, -0.1) is 0 Å². The van der Waals surface area contributed by atoms with Crippen LogP contribution >= 0.6 is 15.9 Å². The molecule has 0 fully saturated rings. The van der Waals surface area contributed by atoms with E-state index in [1.807, 2.05) is 26.8 Å². The minimum Gasteiger partial charge on any atom is -0.507 e. The van der Waals surface area contributed by atoms with Gasteiger partial charge in [0.2, 0.25) is 0 Å². The highest BCUT2D eigenvalue weighted by atomic mass is 79.9. The fourth-order valence-corrected chi connectivity index (χ4v) is 1.25. The molecule has 0 amide bonds. The summed E-state index contributed by atoms with van der Waals surface area (Å²) >= 11 is 3.26. The zero-order valence-electron chi connectivity index (χ0n) is 7.97. The van der Waals surface area contributed by atoms with Gasteiger partial charge in [0.15, 0.2) is 0 Å². The van der Waals surface area contributed by atoms with Gasteiger partial charge in [0.25, 0.3) is 0 Å². The van der Waals surface area contributed by atoms with E-state index >= 15 is 0 Å². The van der Waals surface area contributed by atoms with Crippen LogP contribution in [0.2, 0.25) is 0 Å². The van der Waals surface area contributed by atoms with Gasteiger partial charge in [-0.05, 0) is 48.8 Å². The molecule has 0 aromatic heterocycles. The quantitative estimate of drug-likeness (QED) is 0.822. The molecule has 1 N–H and O–H groups in total. The SMILES string of the molecule is CC(C)(C)Oc1cccc(O)c1Br. The molecule has 0 atom stereocenters. The summed E-state index contributed by atoms with van der Waals surface area (Å²) in [5, 5.41) is 9.37. The summed E-state index contributed by atoms with van der Waals surface area (Å²) in [5.74, 6) is 0.856. The molecule has 72 valence electrons. The van der Waals surface area contributed by atoms with Crippen molar-refractivity contribution in [3.63, 3.8) is 0 Å². The van der Waals surface area contributed by atoms with E-state index in [4.69, 9.17) is 4.74 Å². The molecular formula is C10H13BrO2. The van der Waals surface area contributed by atoms with Gasteiger partial charge in [0.1, 0.15) is 21.6 Å². The van der Waals surface area contributed by atoms with Crippen LogP contribution in [0.4, 0.5) is 0 Å². The standard InChI is InChI=1S/C10H13BrO2/c1-10(2,3)13-8-6-4-5-7(12)9(8)11/h4-6,12H,1-3H3. The summed E-state index contributed by atoms with van der Waals surface area (Å²) in [5.41, 5.74) is -0.254. The molecule has 0 unspecified atom stereocenters. The molecule has 0 spiro atoms. The molecule has 1 rings (SSSR count). The van der Waals surface area contributed by atoms with Gasteiger partial charge >= 0.3 is 0 Å². The minimum absolute atomic E-state index is 0.196. The average Bonchev–Trinajstić information content (AvgIpc) is 1.96. The first-order valence-electron chi connectivity index (χ1n) is 4.06. The van der Waals surface area contributed by atoms with Crippen molar-refractivity contribution in [1.82, 2.24) is 0 Å². The third-order valence-electron chi connectivity index (χ3n) is 1.36. The van der Waals surface area contributed by atoms with Crippen LogP contribution in [0.15, 0.2) is 22.7 Å². The monoisotopic (exact) mass is 244 g/mol. The lowest BCUT2D eigenvalue weighted by Crippen LogP contribution is -2.23. The lowest BCUT2D eigenvalue weighted by molar-refractivity contribution is 0.129. The maximum Gasteiger partial charge on any atom is 0.138 e. The summed E-state index contributed by atoms with van der Waals surface area (Å²) in [6.07, 6.45) is 0. The molecule has 1 aromatic rings. The van der Waals surface area contributed by atoms with Crippen molar-refractivity contribution in [3.05, 3.63) is 22.7 Å². The summed E-state index contributed by atoms with van der Waals surface area (Å²) < 4.78 is 6.21. The van der Waals surface area contributed by atoms with Crippen molar-refractivity contribution in [1.29, 1.82) is 0 Å². The third-order valence-corrected chi connectivity index (χ3v) is 2.16. The van der Waals surface area contributed by atoms with Gasteiger partial charge in [0, 0.05) is 0 Å². The lowest BCUT2D eigenvalue weighted by atomic mass is 10.2. The van der Waals surface area contributed by atoms with E-state index in [-0.39, 0.29) is 11.4 Å². The van der Waals surface area contributed by atoms with Crippen LogP contribution in [0.25, 0.3) is 0 Å². The molecule has 13 heavy (non-hydrogen) atoms. The van der Waals surface area contributed by atoms with E-state index in [9.17, 15) is 5.11 Å². The topological polar surface area (TPSA) is 29.5 Å². The van der Waals surface area contributed by atoms with Crippen LogP contribution in [0.3, 0.4) is 0 Å². The van der Waals surface area contributed by atoms with Gasteiger partial charge in [-0.2, -0.15) is 0 Å². The maximum atomic E-state index is 9.37. The molecule has 0 radical (unpaired) electrons. The van der Waals surface area contributed by atoms with Crippen LogP contribution in [0.1, 0.15) is 20.8 Å². The molecule has 0 bridgehead atoms. The van der Waals surface area contributed by atoms with Gasteiger partial charge in [-0.3, -0.25) is 0 Å².